The smallest absolute Gasteiger partial charge is 0.324 e. The van der Waals surface area contributed by atoms with Gasteiger partial charge in [0.15, 0.2) is 0 Å². The minimum absolute atomic E-state index is 0.00868. The van der Waals surface area contributed by atoms with Crippen LogP contribution in [0.2, 0.25) is 0 Å². The maximum atomic E-state index is 15.0. The van der Waals surface area contributed by atoms with Crippen LogP contribution in [0.25, 0.3) is 33.4 Å². The van der Waals surface area contributed by atoms with E-state index in [-0.39, 0.29) is 43.2 Å². The molecule has 6 aliphatic rings. The first-order valence-corrected chi connectivity index (χ1v) is 28.8. The lowest BCUT2D eigenvalue weighted by atomic mass is 9.84. The van der Waals surface area contributed by atoms with Gasteiger partial charge in [0.05, 0.1) is 78.0 Å². The van der Waals surface area contributed by atoms with E-state index >= 15 is 0 Å². The molecule has 3 saturated heterocycles. The molecule has 75 heavy (non-hydrogen) atoms. The first-order chi connectivity index (χ1) is 36.4. The molecule has 0 radical (unpaired) electrons. The lowest BCUT2D eigenvalue weighted by Gasteiger charge is -2.37. The number of hydrazine groups is 1. The summed E-state index contributed by atoms with van der Waals surface area (Å²) in [5.41, 5.74) is 11.1. The van der Waals surface area contributed by atoms with Crippen molar-refractivity contribution in [3.8, 4) is 22.5 Å². The molecular formula is C55H72N10O8S2. The van der Waals surface area contributed by atoms with Gasteiger partial charge in [0.25, 0.3) is 5.91 Å². The van der Waals surface area contributed by atoms with Gasteiger partial charge in [-0.1, -0.05) is 26.8 Å². The van der Waals surface area contributed by atoms with Crippen molar-refractivity contribution in [1.82, 2.24) is 43.9 Å². The van der Waals surface area contributed by atoms with E-state index in [1.54, 1.807) is 13.3 Å². The maximum absolute atomic E-state index is 15.0. The molecule has 5 fully saturated rings. The molecule has 6 bridgehead atoms. The first-order valence-electron chi connectivity index (χ1n) is 27.2. The van der Waals surface area contributed by atoms with Crippen LogP contribution in [0.4, 0.5) is 5.69 Å². The van der Waals surface area contributed by atoms with E-state index in [4.69, 9.17) is 33.7 Å². The number of piperazine rings is 1. The number of rotatable bonds is 14. The Bertz CT molecular complexity index is 2840. The number of cyclic esters (lactones) is 1. The Morgan fingerprint density at radius 2 is 1.84 bits per heavy atom. The van der Waals surface area contributed by atoms with E-state index in [1.807, 2.05) is 25.4 Å². The third-order valence-electron chi connectivity index (χ3n) is 16.3. The lowest BCUT2D eigenvalue weighted by molar-refractivity contribution is -0.156. The lowest BCUT2D eigenvalue weighted by Crippen LogP contribution is -2.61. The van der Waals surface area contributed by atoms with Crippen molar-refractivity contribution >= 4 is 57.4 Å². The summed E-state index contributed by atoms with van der Waals surface area (Å²) in [6, 6.07) is 7.61. The van der Waals surface area contributed by atoms with E-state index in [0.717, 1.165) is 113 Å². The van der Waals surface area contributed by atoms with Crippen molar-refractivity contribution in [2.45, 2.75) is 128 Å². The number of hydrogen-bond acceptors (Lipinski definition) is 17. The zero-order chi connectivity index (χ0) is 52.0. The summed E-state index contributed by atoms with van der Waals surface area (Å²) < 4.78 is 42.2. The van der Waals surface area contributed by atoms with Crippen LogP contribution < -0.4 is 15.6 Å². The molecule has 8 heterocycles. The number of esters is 1. The quantitative estimate of drug-likeness (QED) is 0.107. The van der Waals surface area contributed by atoms with Crippen LogP contribution in [0.5, 0.6) is 0 Å². The molecule has 4 aliphatic heterocycles. The van der Waals surface area contributed by atoms with Crippen LogP contribution >= 0.6 is 23.1 Å². The first kappa shape index (κ1) is 52.1. The molecule has 2 N–H and O–H groups in total. The predicted octanol–water partition coefficient (Wildman–Crippen LogP) is 7.10. The number of carbonyl (C=O) groups excluding carboxylic acids is 3. The molecule has 18 nitrogen and oxygen atoms in total. The summed E-state index contributed by atoms with van der Waals surface area (Å²) in [6.45, 7) is 17.3. The number of amides is 2. The fourth-order valence-corrected chi connectivity index (χ4v) is 13.3. The summed E-state index contributed by atoms with van der Waals surface area (Å²) in [5.74, 6) is -1.62. The normalized spacial score (nSPS) is 26.3. The Kier molecular flexibility index (Phi) is 15.4. The van der Waals surface area contributed by atoms with Crippen LogP contribution in [0, 0.1) is 17.3 Å². The van der Waals surface area contributed by atoms with Crippen LogP contribution in [-0.2, 0) is 51.0 Å². The summed E-state index contributed by atoms with van der Waals surface area (Å²) >= 11 is 2.51. The van der Waals surface area contributed by atoms with Crippen molar-refractivity contribution in [1.29, 1.82) is 0 Å². The number of benzene rings is 1. The molecule has 5 aromatic rings. The van der Waals surface area contributed by atoms with E-state index in [2.05, 4.69) is 78.9 Å². The SMILES string of the molecule is CCO[C@@H]1c2nc(cs2)-c2ccc3c(c2)c(c(-c2cc(N4CCN(C5CC5)CC4)cnc2[C@H](C)OC)n3CCOC2CCOCC2)CC(C)(C)COC(=O)[C@@H]2CCCN(N2)C(=O)[C@H]1NC(=O)[C@H]1[C@H](C)[C@@H]1c1cnsn1. The minimum atomic E-state index is -1.16. The van der Waals surface area contributed by atoms with E-state index < -0.39 is 41.4 Å². The summed E-state index contributed by atoms with van der Waals surface area (Å²) in [7, 11) is 1.73. The molecule has 11 rings (SSSR count). The molecule has 2 amide bonds. The summed E-state index contributed by atoms with van der Waals surface area (Å²) in [5, 5.41) is 8.19. The Labute approximate surface area is 447 Å². The third-order valence-corrected chi connectivity index (χ3v) is 17.7. The van der Waals surface area contributed by atoms with E-state index in [1.165, 1.54) is 29.2 Å². The highest BCUT2D eigenvalue weighted by atomic mass is 32.1. The monoisotopic (exact) mass is 1060 g/mol. The molecular weight excluding hydrogens is 993 g/mol. The Morgan fingerprint density at radius 1 is 1.03 bits per heavy atom. The molecule has 0 unspecified atom stereocenters. The molecule has 1 aromatic carbocycles. The van der Waals surface area contributed by atoms with Gasteiger partial charge in [-0.25, -0.2) is 10.4 Å². The fraction of sp³-hybridized carbons (Fsp3) is 0.618. The standard InChI is InChI=1S/C55H72N10O8S2/c1-7-71-50-48(59-51(66)46-32(2)45(46)42-29-57-75-61-42)53(67)65-16-8-9-41(60-65)54(68)73-31-55(4,5)27-40-38-25-34(43-30-74-52(50)58-43)10-13-44(38)64(21-24-72-37-14-22-70-23-15-37)49(40)39-26-36(28-56-47(39)33(3)69-6)63-19-17-62(18-20-63)35-11-12-35/h10,13,25-26,28-30,32-33,35,37,41,45-46,48,50,60H,7-9,11-12,14-24,27,31H2,1-6H3,(H,59,66)/t32-,33+,41+,45-,46+,48+,50+/m1/s1. The second-order valence-corrected chi connectivity index (χ2v) is 23.5. The van der Waals surface area contributed by atoms with Gasteiger partial charge in [0.2, 0.25) is 5.91 Å². The highest BCUT2D eigenvalue weighted by Gasteiger charge is 2.55. The van der Waals surface area contributed by atoms with Gasteiger partial charge in [0, 0.05) is 117 Å². The number of nitrogens with zero attached hydrogens (tertiary/aromatic N) is 8. The van der Waals surface area contributed by atoms with Gasteiger partial charge in [-0.3, -0.25) is 29.3 Å². The van der Waals surface area contributed by atoms with Crippen LogP contribution in [0.3, 0.4) is 0 Å². The van der Waals surface area contributed by atoms with Crippen LogP contribution in [0.1, 0.15) is 113 Å². The molecule has 2 saturated carbocycles. The maximum Gasteiger partial charge on any atom is 0.324 e. The number of anilines is 1. The Balaban J connectivity index is 1.03. The van der Waals surface area contributed by atoms with Gasteiger partial charge >= 0.3 is 5.97 Å². The van der Waals surface area contributed by atoms with Crippen molar-refractivity contribution in [3.63, 3.8) is 0 Å². The van der Waals surface area contributed by atoms with E-state index in [0.29, 0.717) is 57.2 Å². The second-order valence-electron chi connectivity index (χ2n) is 22.1. The fourth-order valence-electron chi connectivity index (χ4n) is 11.9. The van der Waals surface area contributed by atoms with Gasteiger partial charge in [-0.15, -0.1) is 11.3 Å². The van der Waals surface area contributed by atoms with Crippen molar-refractivity contribution in [3.05, 3.63) is 64.0 Å². The third kappa shape index (κ3) is 11.0. The minimum Gasteiger partial charge on any atom is -0.464 e. The largest absolute Gasteiger partial charge is 0.464 e. The number of hydrogen-bond donors (Lipinski definition) is 2. The number of thiazole rings is 1. The molecule has 0 spiro atoms. The number of carbonyl (C=O) groups is 3. The molecule has 402 valence electrons. The number of ether oxygens (including phenoxy) is 5. The predicted molar refractivity (Wildman–Crippen MR) is 286 cm³/mol. The molecule has 2 aliphatic carbocycles. The zero-order valence-corrected chi connectivity index (χ0v) is 45.8. The van der Waals surface area contributed by atoms with Crippen LogP contribution in [-0.4, -0.2) is 148 Å². The highest BCUT2D eigenvalue weighted by molar-refractivity contribution is 7.10. The highest BCUT2D eigenvalue weighted by Crippen LogP contribution is 2.53. The number of pyridine rings is 1. The Hall–Kier alpha value is -4.93. The average molecular weight is 1070 g/mol. The van der Waals surface area contributed by atoms with Crippen molar-refractivity contribution in [2.75, 3.05) is 77.8 Å². The number of methoxy groups -OCH3 is 1. The van der Waals surface area contributed by atoms with Crippen molar-refractivity contribution < 1.29 is 38.1 Å². The second kappa shape index (κ2) is 22.2. The number of aromatic nitrogens is 5. The van der Waals surface area contributed by atoms with Crippen molar-refractivity contribution in [2.24, 2.45) is 17.3 Å². The van der Waals surface area contributed by atoms with Gasteiger partial charge in [-0.2, -0.15) is 8.75 Å². The molecule has 4 aromatic heterocycles. The topological polar surface area (TPSA) is 188 Å². The zero-order valence-electron chi connectivity index (χ0n) is 44.1. The van der Waals surface area contributed by atoms with Crippen LogP contribution in [0.15, 0.2) is 42.0 Å². The van der Waals surface area contributed by atoms with E-state index in [9.17, 15) is 14.4 Å². The molecule has 7 atom stereocenters. The number of fused-ring (bicyclic) bond motifs is 6. The summed E-state index contributed by atoms with van der Waals surface area (Å²) in [6.07, 6.45) is 8.46. The summed E-state index contributed by atoms with van der Waals surface area (Å²) in [4.78, 5) is 59.2. The van der Waals surface area contributed by atoms with Gasteiger partial charge in [0.1, 0.15) is 23.2 Å². The number of nitrogens with one attached hydrogen (secondary N) is 2. The van der Waals surface area contributed by atoms with Gasteiger partial charge < -0.3 is 38.5 Å². The Morgan fingerprint density at radius 3 is 2.59 bits per heavy atom. The molecule has 20 heteroatoms. The van der Waals surface area contributed by atoms with Gasteiger partial charge in [-0.05, 0) is 88.5 Å². The average Bonchev–Trinajstić information content (AvgIpc) is 4.19.